The van der Waals surface area contributed by atoms with Crippen molar-refractivity contribution in [3.63, 3.8) is 0 Å². The molecule has 0 saturated heterocycles. The van der Waals surface area contributed by atoms with E-state index in [1.807, 2.05) is 12.1 Å². The van der Waals surface area contributed by atoms with Crippen LogP contribution in [0.2, 0.25) is 0 Å². The SMILES string of the molecule is COCc1ccccc1CCNc1ncnc2cccc(F)c12. The molecule has 0 bridgehead atoms. The molecule has 1 heterocycles. The Morgan fingerprint density at radius 3 is 2.70 bits per heavy atom. The Hall–Kier alpha value is -2.53. The minimum absolute atomic E-state index is 0.314. The normalized spacial score (nSPS) is 10.9. The van der Waals surface area contributed by atoms with Crippen LogP contribution in [-0.2, 0) is 17.8 Å². The molecule has 2 aromatic carbocycles. The van der Waals surface area contributed by atoms with Crippen LogP contribution >= 0.6 is 0 Å². The van der Waals surface area contributed by atoms with Gasteiger partial charge in [-0.2, -0.15) is 0 Å². The van der Waals surface area contributed by atoms with Gasteiger partial charge in [-0.3, -0.25) is 0 Å². The summed E-state index contributed by atoms with van der Waals surface area (Å²) in [6, 6.07) is 13.0. The van der Waals surface area contributed by atoms with Crippen LogP contribution in [0.25, 0.3) is 10.9 Å². The highest BCUT2D eigenvalue weighted by molar-refractivity contribution is 5.89. The number of nitrogens with zero attached hydrogens (tertiary/aromatic N) is 2. The molecular weight excluding hydrogens is 293 g/mol. The number of nitrogens with one attached hydrogen (secondary N) is 1. The summed E-state index contributed by atoms with van der Waals surface area (Å²) in [4.78, 5) is 8.27. The van der Waals surface area contributed by atoms with Crippen LogP contribution in [0.4, 0.5) is 10.2 Å². The molecule has 0 fully saturated rings. The van der Waals surface area contributed by atoms with Crippen molar-refractivity contribution in [2.45, 2.75) is 13.0 Å². The van der Waals surface area contributed by atoms with E-state index in [1.54, 1.807) is 19.2 Å². The average Bonchev–Trinajstić information content (AvgIpc) is 2.57. The average molecular weight is 311 g/mol. The quantitative estimate of drug-likeness (QED) is 0.756. The highest BCUT2D eigenvalue weighted by Gasteiger charge is 2.08. The number of hydrogen-bond acceptors (Lipinski definition) is 4. The first-order valence-corrected chi connectivity index (χ1v) is 7.48. The second kappa shape index (κ2) is 7.15. The first-order chi connectivity index (χ1) is 11.3. The highest BCUT2D eigenvalue weighted by atomic mass is 19.1. The molecule has 1 aromatic heterocycles. The first kappa shape index (κ1) is 15.4. The molecule has 3 aromatic rings. The number of ether oxygens (including phenoxy) is 1. The topological polar surface area (TPSA) is 47.0 Å². The molecule has 4 nitrogen and oxygen atoms in total. The number of rotatable bonds is 6. The van der Waals surface area contributed by atoms with Gasteiger partial charge in [0.2, 0.25) is 0 Å². The van der Waals surface area contributed by atoms with Crippen LogP contribution < -0.4 is 5.32 Å². The summed E-state index contributed by atoms with van der Waals surface area (Å²) in [5.41, 5.74) is 2.97. The number of benzene rings is 2. The third kappa shape index (κ3) is 3.46. The van der Waals surface area contributed by atoms with Crippen molar-refractivity contribution in [3.05, 3.63) is 65.7 Å². The summed E-state index contributed by atoms with van der Waals surface area (Å²) in [6.45, 7) is 1.24. The van der Waals surface area contributed by atoms with Gasteiger partial charge in [-0.25, -0.2) is 14.4 Å². The van der Waals surface area contributed by atoms with E-state index in [0.29, 0.717) is 29.9 Å². The molecule has 0 radical (unpaired) electrons. The van der Waals surface area contributed by atoms with Crippen molar-refractivity contribution in [1.29, 1.82) is 0 Å². The maximum atomic E-state index is 14.0. The number of methoxy groups -OCH3 is 1. The molecule has 1 N–H and O–H groups in total. The molecule has 0 spiro atoms. The second-order valence-corrected chi connectivity index (χ2v) is 5.23. The lowest BCUT2D eigenvalue weighted by atomic mass is 10.1. The monoisotopic (exact) mass is 311 g/mol. The van der Waals surface area contributed by atoms with E-state index in [0.717, 1.165) is 12.0 Å². The summed E-state index contributed by atoms with van der Waals surface area (Å²) in [5.74, 6) is 0.211. The van der Waals surface area contributed by atoms with E-state index < -0.39 is 0 Å². The van der Waals surface area contributed by atoms with E-state index >= 15 is 0 Å². The third-order valence-corrected chi connectivity index (χ3v) is 3.72. The minimum Gasteiger partial charge on any atom is -0.380 e. The van der Waals surface area contributed by atoms with Gasteiger partial charge in [0, 0.05) is 13.7 Å². The second-order valence-electron chi connectivity index (χ2n) is 5.23. The van der Waals surface area contributed by atoms with Crippen LogP contribution in [0, 0.1) is 5.82 Å². The molecule has 0 aliphatic carbocycles. The third-order valence-electron chi connectivity index (χ3n) is 3.72. The molecule has 3 rings (SSSR count). The predicted octanol–water partition coefficient (Wildman–Crippen LogP) is 3.57. The van der Waals surface area contributed by atoms with E-state index in [-0.39, 0.29) is 5.82 Å². The van der Waals surface area contributed by atoms with Gasteiger partial charge in [-0.05, 0) is 29.7 Å². The van der Waals surface area contributed by atoms with Crippen molar-refractivity contribution in [1.82, 2.24) is 9.97 Å². The Balaban J connectivity index is 1.75. The lowest BCUT2D eigenvalue weighted by Crippen LogP contribution is -2.09. The Morgan fingerprint density at radius 2 is 1.87 bits per heavy atom. The minimum atomic E-state index is -0.314. The summed E-state index contributed by atoms with van der Waals surface area (Å²) in [7, 11) is 1.69. The summed E-state index contributed by atoms with van der Waals surface area (Å²) in [6.07, 6.45) is 2.25. The van der Waals surface area contributed by atoms with Crippen molar-refractivity contribution in [2.75, 3.05) is 19.0 Å². The van der Waals surface area contributed by atoms with E-state index in [4.69, 9.17) is 4.74 Å². The summed E-state index contributed by atoms with van der Waals surface area (Å²) in [5, 5.41) is 3.65. The Morgan fingerprint density at radius 1 is 1.04 bits per heavy atom. The van der Waals surface area contributed by atoms with Gasteiger partial charge in [0.15, 0.2) is 0 Å². The Kier molecular flexibility index (Phi) is 4.78. The predicted molar refractivity (Wildman–Crippen MR) is 88.8 cm³/mol. The molecule has 0 aliphatic heterocycles. The van der Waals surface area contributed by atoms with Gasteiger partial charge in [-0.1, -0.05) is 30.3 Å². The molecule has 5 heteroatoms. The van der Waals surface area contributed by atoms with E-state index in [2.05, 4.69) is 27.4 Å². The highest BCUT2D eigenvalue weighted by Crippen LogP contribution is 2.22. The lowest BCUT2D eigenvalue weighted by Gasteiger charge is -2.11. The van der Waals surface area contributed by atoms with Crippen molar-refractivity contribution >= 4 is 16.7 Å². The zero-order valence-corrected chi connectivity index (χ0v) is 12.9. The fourth-order valence-corrected chi connectivity index (χ4v) is 2.62. The molecule has 0 unspecified atom stereocenters. The largest absolute Gasteiger partial charge is 0.380 e. The zero-order chi connectivity index (χ0) is 16.1. The van der Waals surface area contributed by atoms with Gasteiger partial charge >= 0.3 is 0 Å². The van der Waals surface area contributed by atoms with E-state index in [1.165, 1.54) is 18.0 Å². The standard InChI is InChI=1S/C18H18FN3O/c1-23-11-14-6-3-2-5-13(14)9-10-20-18-17-15(19)7-4-8-16(17)21-12-22-18/h2-8,12H,9-11H2,1H3,(H,20,21,22). The van der Waals surface area contributed by atoms with Gasteiger partial charge in [-0.15, -0.1) is 0 Å². The maximum Gasteiger partial charge on any atom is 0.140 e. The van der Waals surface area contributed by atoms with Gasteiger partial charge in [0.25, 0.3) is 0 Å². The Bertz CT molecular complexity index is 802. The zero-order valence-electron chi connectivity index (χ0n) is 12.9. The van der Waals surface area contributed by atoms with Crippen molar-refractivity contribution < 1.29 is 9.13 Å². The van der Waals surface area contributed by atoms with Crippen LogP contribution in [-0.4, -0.2) is 23.6 Å². The van der Waals surface area contributed by atoms with Crippen molar-refractivity contribution in [2.24, 2.45) is 0 Å². The number of fused-ring (bicyclic) bond motifs is 1. The lowest BCUT2D eigenvalue weighted by molar-refractivity contribution is 0.184. The number of halogens is 1. The van der Waals surface area contributed by atoms with Gasteiger partial charge < -0.3 is 10.1 Å². The van der Waals surface area contributed by atoms with Crippen molar-refractivity contribution in [3.8, 4) is 0 Å². The van der Waals surface area contributed by atoms with Crippen LogP contribution in [0.1, 0.15) is 11.1 Å². The summed E-state index contributed by atoms with van der Waals surface area (Å²) >= 11 is 0. The molecule has 0 amide bonds. The fourth-order valence-electron chi connectivity index (χ4n) is 2.62. The fraction of sp³-hybridized carbons (Fsp3) is 0.222. The van der Waals surface area contributed by atoms with Gasteiger partial charge in [0.1, 0.15) is 18.0 Å². The van der Waals surface area contributed by atoms with Gasteiger partial charge in [0.05, 0.1) is 17.5 Å². The number of anilines is 1. The number of aromatic nitrogens is 2. The van der Waals surface area contributed by atoms with E-state index in [9.17, 15) is 4.39 Å². The molecule has 118 valence electrons. The first-order valence-electron chi connectivity index (χ1n) is 7.48. The maximum absolute atomic E-state index is 14.0. The molecule has 0 atom stereocenters. The van der Waals surface area contributed by atoms with Crippen LogP contribution in [0.3, 0.4) is 0 Å². The molecule has 0 aliphatic rings. The summed E-state index contributed by atoms with van der Waals surface area (Å²) < 4.78 is 19.2. The molecule has 23 heavy (non-hydrogen) atoms. The Labute approximate surface area is 134 Å². The van der Waals surface area contributed by atoms with Crippen LogP contribution in [0.15, 0.2) is 48.8 Å². The van der Waals surface area contributed by atoms with Crippen LogP contribution in [0.5, 0.6) is 0 Å². The number of hydrogen-bond donors (Lipinski definition) is 1. The molecular formula is C18H18FN3O. The molecule has 0 saturated carbocycles. The smallest absolute Gasteiger partial charge is 0.140 e.